The van der Waals surface area contributed by atoms with Gasteiger partial charge in [0.05, 0.1) is 15.5 Å². The smallest absolute Gasteiger partial charge is 0.256 e. The number of amides is 1. The maximum absolute atomic E-state index is 12.6. The zero-order chi connectivity index (χ0) is 20.1. The van der Waals surface area contributed by atoms with Gasteiger partial charge in [-0.25, -0.2) is 13.1 Å². The lowest BCUT2D eigenvalue weighted by atomic mass is 10.1. The lowest BCUT2D eigenvalue weighted by Crippen LogP contribution is -2.19. The standard InChI is InChI=1S/C20H19N3O3S2/c1-11-7-8-15(12(2)9-11)23-27-16-10-17(28(25,26)21-3)13-5-4-6-14-18(13)19(16)22-20(14)24/h4-10,21,23H,1-3H3,(H,22,24). The van der Waals surface area contributed by atoms with E-state index in [9.17, 15) is 13.2 Å². The monoisotopic (exact) mass is 413 g/mol. The molecule has 4 rings (SSSR count). The Balaban J connectivity index is 1.86. The van der Waals surface area contributed by atoms with Gasteiger partial charge in [-0.05, 0) is 56.6 Å². The van der Waals surface area contributed by atoms with Crippen LogP contribution in [0.15, 0.2) is 52.3 Å². The van der Waals surface area contributed by atoms with E-state index in [1.165, 1.54) is 19.0 Å². The highest BCUT2D eigenvalue weighted by atomic mass is 32.2. The van der Waals surface area contributed by atoms with Gasteiger partial charge in [-0.1, -0.05) is 29.8 Å². The van der Waals surface area contributed by atoms with Gasteiger partial charge in [0.25, 0.3) is 5.91 Å². The summed E-state index contributed by atoms with van der Waals surface area (Å²) in [4.78, 5) is 13.2. The molecule has 1 aliphatic rings. The molecule has 6 nitrogen and oxygen atoms in total. The van der Waals surface area contributed by atoms with E-state index in [4.69, 9.17) is 0 Å². The summed E-state index contributed by atoms with van der Waals surface area (Å²) in [6.07, 6.45) is 0. The van der Waals surface area contributed by atoms with Crippen LogP contribution in [0.3, 0.4) is 0 Å². The van der Waals surface area contributed by atoms with Gasteiger partial charge >= 0.3 is 0 Å². The molecule has 1 heterocycles. The Kier molecular flexibility index (Phi) is 4.57. The molecule has 3 N–H and O–H groups in total. The van der Waals surface area contributed by atoms with Crippen LogP contribution in [0.25, 0.3) is 10.8 Å². The summed E-state index contributed by atoms with van der Waals surface area (Å²) in [5.74, 6) is -0.229. The van der Waals surface area contributed by atoms with Crippen molar-refractivity contribution in [2.24, 2.45) is 0 Å². The average Bonchev–Trinajstić information content (AvgIpc) is 3.00. The molecule has 3 aromatic rings. The summed E-state index contributed by atoms with van der Waals surface area (Å²) in [5, 5.41) is 4.04. The van der Waals surface area contributed by atoms with Crippen LogP contribution in [-0.2, 0) is 10.0 Å². The number of rotatable bonds is 5. The van der Waals surface area contributed by atoms with Gasteiger partial charge in [-0.3, -0.25) is 4.79 Å². The van der Waals surface area contributed by atoms with Gasteiger partial charge in [0.2, 0.25) is 10.0 Å². The number of carbonyl (C=O) groups is 1. The second-order valence-corrected chi connectivity index (χ2v) is 9.36. The Hall–Kier alpha value is -2.55. The van der Waals surface area contributed by atoms with Crippen molar-refractivity contribution in [3.63, 3.8) is 0 Å². The Morgan fingerprint density at radius 1 is 1.07 bits per heavy atom. The molecule has 0 saturated heterocycles. The lowest BCUT2D eigenvalue weighted by molar-refractivity contribution is 0.103. The van der Waals surface area contributed by atoms with E-state index in [1.807, 2.05) is 26.0 Å². The molecule has 1 aliphatic heterocycles. The molecule has 0 radical (unpaired) electrons. The first-order valence-electron chi connectivity index (χ1n) is 8.66. The predicted octanol–water partition coefficient (Wildman–Crippen LogP) is 4.05. The van der Waals surface area contributed by atoms with E-state index in [0.29, 0.717) is 26.9 Å². The molecule has 0 bridgehead atoms. The number of hydrogen-bond acceptors (Lipinski definition) is 5. The number of sulfonamides is 1. The summed E-state index contributed by atoms with van der Waals surface area (Å²) in [6, 6.07) is 12.8. The van der Waals surface area contributed by atoms with Crippen molar-refractivity contribution in [3.05, 3.63) is 59.2 Å². The zero-order valence-corrected chi connectivity index (χ0v) is 17.2. The number of aryl methyl sites for hydroxylation is 2. The first kappa shape index (κ1) is 18.8. The van der Waals surface area contributed by atoms with Crippen molar-refractivity contribution in [1.82, 2.24) is 4.72 Å². The molecule has 1 amide bonds. The normalized spacial score (nSPS) is 13.0. The van der Waals surface area contributed by atoms with E-state index in [1.54, 1.807) is 24.3 Å². The third-order valence-electron chi connectivity index (χ3n) is 4.78. The molecule has 0 saturated carbocycles. The molecular formula is C20H19N3O3S2. The zero-order valence-electron chi connectivity index (χ0n) is 15.6. The molecule has 0 unspecified atom stereocenters. The van der Waals surface area contributed by atoms with Crippen molar-refractivity contribution in [2.75, 3.05) is 17.1 Å². The number of benzene rings is 3. The molecule has 28 heavy (non-hydrogen) atoms. The van der Waals surface area contributed by atoms with Gasteiger partial charge < -0.3 is 10.0 Å². The second kappa shape index (κ2) is 6.80. The highest BCUT2D eigenvalue weighted by molar-refractivity contribution is 8.00. The van der Waals surface area contributed by atoms with Crippen LogP contribution in [0, 0.1) is 13.8 Å². The van der Waals surface area contributed by atoms with Gasteiger partial charge in [0.1, 0.15) is 0 Å². The fourth-order valence-electron chi connectivity index (χ4n) is 3.36. The maximum Gasteiger partial charge on any atom is 0.256 e. The largest absolute Gasteiger partial charge is 0.325 e. The Bertz CT molecular complexity index is 1240. The highest BCUT2D eigenvalue weighted by Gasteiger charge is 2.29. The van der Waals surface area contributed by atoms with E-state index < -0.39 is 10.0 Å². The average molecular weight is 414 g/mol. The van der Waals surface area contributed by atoms with Crippen molar-refractivity contribution in [2.45, 2.75) is 23.6 Å². The van der Waals surface area contributed by atoms with Crippen molar-refractivity contribution in [3.8, 4) is 0 Å². The summed E-state index contributed by atoms with van der Waals surface area (Å²) in [5.41, 5.74) is 4.29. The Morgan fingerprint density at radius 2 is 1.86 bits per heavy atom. The van der Waals surface area contributed by atoms with E-state index >= 15 is 0 Å². The second-order valence-electron chi connectivity index (χ2n) is 6.66. The molecule has 8 heteroatoms. The van der Waals surface area contributed by atoms with Crippen LogP contribution in [-0.4, -0.2) is 21.4 Å². The minimum Gasteiger partial charge on any atom is -0.325 e. The highest BCUT2D eigenvalue weighted by Crippen LogP contribution is 2.43. The lowest BCUT2D eigenvalue weighted by Gasteiger charge is -2.15. The summed E-state index contributed by atoms with van der Waals surface area (Å²) in [7, 11) is -2.32. The van der Waals surface area contributed by atoms with Crippen molar-refractivity contribution >= 4 is 50.0 Å². The predicted molar refractivity (Wildman–Crippen MR) is 114 cm³/mol. The SMILES string of the molecule is CNS(=O)(=O)c1cc(SNc2ccc(C)cc2C)c2c3c(cccc13)C(=O)N2. The maximum atomic E-state index is 12.6. The topological polar surface area (TPSA) is 87.3 Å². The summed E-state index contributed by atoms with van der Waals surface area (Å²) in [6.45, 7) is 4.03. The first-order valence-corrected chi connectivity index (χ1v) is 11.0. The van der Waals surface area contributed by atoms with E-state index in [-0.39, 0.29) is 10.8 Å². The van der Waals surface area contributed by atoms with Crippen LogP contribution >= 0.6 is 11.9 Å². The Morgan fingerprint density at radius 3 is 2.57 bits per heavy atom. The minimum absolute atomic E-state index is 0.150. The molecule has 0 aromatic heterocycles. The van der Waals surface area contributed by atoms with Crippen LogP contribution in [0.2, 0.25) is 0 Å². The van der Waals surface area contributed by atoms with E-state index in [0.717, 1.165) is 16.8 Å². The fourth-order valence-corrected chi connectivity index (χ4v) is 5.27. The van der Waals surface area contributed by atoms with Gasteiger partial charge in [0.15, 0.2) is 0 Å². The van der Waals surface area contributed by atoms with Crippen molar-refractivity contribution < 1.29 is 13.2 Å². The third-order valence-corrected chi connectivity index (χ3v) is 7.10. The van der Waals surface area contributed by atoms with Crippen LogP contribution in [0.5, 0.6) is 0 Å². The third kappa shape index (κ3) is 3.03. The fraction of sp³-hybridized carbons (Fsp3) is 0.150. The molecule has 0 atom stereocenters. The van der Waals surface area contributed by atoms with Crippen LogP contribution in [0.1, 0.15) is 21.5 Å². The molecule has 0 fully saturated rings. The van der Waals surface area contributed by atoms with Crippen LogP contribution in [0.4, 0.5) is 11.4 Å². The quantitative estimate of drug-likeness (QED) is 0.549. The van der Waals surface area contributed by atoms with E-state index in [2.05, 4.69) is 20.8 Å². The number of carbonyl (C=O) groups excluding carboxylic acids is 1. The molecule has 0 spiro atoms. The van der Waals surface area contributed by atoms with Gasteiger partial charge in [-0.2, -0.15) is 0 Å². The van der Waals surface area contributed by atoms with Crippen LogP contribution < -0.4 is 14.8 Å². The molecule has 3 aromatic carbocycles. The first-order chi connectivity index (χ1) is 13.3. The number of anilines is 2. The summed E-state index contributed by atoms with van der Waals surface area (Å²) >= 11 is 1.28. The summed E-state index contributed by atoms with van der Waals surface area (Å²) < 4.78 is 30.9. The Labute approximate surface area is 167 Å². The van der Waals surface area contributed by atoms with Gasteiger partial charge in [0, 0.05) is 22.0 Å². The minimum atomic E-state index is -3.70. The van der Waals surface area contributed by atoms with Crippen molar-refractivity contribution in [1.29, 1.82) is 0 Å². The molecule has 0 aliphatic carbocycles. The number of hydrogen-bond donors (Lipinski definition) is 3. The molecular weight excluding hydrogens is 394 g/mol. The molecule has 144 valence electrons. The number of nitrogens with one attached hydrogen (secondary N) is 3. The van der Waals surface area contributed by atoms with Gasteiger partial charge in [-0.15, -0.1) is 0 Å².